The third-order valence-electron chi connectivity index (χ3n) is 4.01. The van der Waals surface area contributed by atoms with Crippen molar-refractivity contribution in [3.8, 4) is 5.75 Å². The van der Waals surface area contributed by atoms with Crippen LogP contribution in [0, 0.1) is 0 Å². The zero-order valence-electron chi connectivity index (χ0n) is 11.4. The van der Waals surface area contributed by atoms with Crippen molar-refractivity contribution in [1.82, 2.24) is 0 Å². The fraction of sp³-hybridized carbons (Fsp3) is 0.533. The zero-order chi connectivity index (χ0) is 14.8. The summed E-state index contributed by atoms with van der Waals surface area (Å²) in [6.07, 6.45) is 3.87. The summed E-state index contributed by atoms with van der Waals surface area (Å²) >= 11 is 3.37. The van der Waals surface area contributed by atoms with Gasteiger partial charge in [0.2, 0.25) is 0 Å². The Morgan fingerprint density at radius 2 is 2.00 bits per heavy atom. The number of aliphatic carboxylic acids is 1. The molecule has 0 aromatic heterocycles. The highest BCUT2D eigenvalue weighted by atomic mass is 79.9. The van der Waals surface area contributed by atoms with Gasteiger partial charge in [-0.1, -0.05) is 25.3 Å². The SMILES string of the molecule is COc1ccc(C(C(=O)O)C2(O)CCCCC2)cc1Br. The van der Waals surface area contributed by atoms with E-state index < -0.39 is 17.5 Å². The molecule has 1 atom stereocenters. The van der Waals surface area contributed by atoms with Gasteiger partial charge in [-0.25, -0.2) is 0 Å². The van der Waals surface area contributed by atoms with Gasteiger partial charge < -0.3 is 14.9 Å². The van der Waals surface area contributed by atoms with Gasteiger partial charge in [-0.15, -0.1) is 0 Å². The summed E-state index contributed by atoms with van der Waals surface area (Å²) in [6, 6.07) is 5.17. The van der Waals surface area contributed by atoms with Crippen molar-refractivity contribution in [2.24, 2.45) is 0 Å². The van der Waals surface area contributed by atoms with Gasteiger partial charge in [-0.05, 0) is 46.5 Å². The van der Waals surface area contributed by atoms with Crippen molar-refractivity contribution in [2.75, 3.05) is 7.11 Å². The first-order valence-electron chi connectivity index (χ1n) is 6.76. The van der Waals surface area contributed by atoms with Gasteiger partial charge in [0.15, 0.2) is 0 Å². The molecule has 0 amide bonds. The maximum Gasteiger partial charge on any atom is 0.313 e. The highest BCUT2D eigenvalue weighted by molar-refractivity contribution is 9.10. The molecule has 1 fully saturated rings. The van der Waals surface area contributed by atoms with E-state index in [-0.39, 0.29) is 0 Å². The van der Waals surface area contributed by atoms with Crippen molar-refractivity contribution in [3.05, 3.63) is 28.2 Å². The molecule has 1 aliphatic rings. The highest BCUT2D eigenvalue weighted by Crippen LogP contribution is 2.41. The molecule has 1 aromatic rings. The summed E-state index contributed by atoms with van der Waals surface area (Å²) in [5.41, 5.74) is -0.549. The largest absolute Gasteiger partial charge is 0.496 e. The number of rotatable bonds is 4. The first kappa shape index (κ1) is 15.3. The summed E-state index contributed by atoms with van der Waals surface area (Å²) in [5.74, 6) is -1.23. The van der Waals surface area contributed by atoms with Gasteiger partial charge >= 0.3 is 5.97 Å². The molecule has 0 radical (unpaired) electrons. The summed E-state index contributed by atoms with van der Waals surface area (Å²) in [4.78, 5) is 11.7. The molecule has 110 valence electrons. The number of carboxylic acids is 1. The van der Waals surface area contributed by atoms with E-state index in [1.54, 1.807) is 25.3 Å². The number of aliphatic hydroxyl groups is 1. The Hall–Kier alpha value is -1.07. The first-order chi connectivity index (χ1) is 9.48. The molecular weight excluding hydrogens is 324 g/mol. The maximum atomic E-state index is 11.7. The smallest absolute Gasteiger partial charge is 0.313 e. The Labute approximate surface area is 126 Å². The van der Waals surface area contributed by atoms with Gasteiger partial charge in [-0.3, -0.25) is 4.79 Å². The molecule has 0 aliphatic heterocycles. The Bertz CT molecular complexity index is 495. The quantitative estimate of drug-likeness (QED) is 0.880. The Balaban J connectivity index is 2.38. The molecule has 1 saturated carbocycles. The van der Waals surface area contributed by atoms with Gasteiger partial charge in [-0.2, -0.15) is 0 Å². The molecule has 2 rings (SSSR count). The second-order valence-corrected chi connectivity index (χ2v) is 6.18. The number of hydrogen-bond acceptors (Lipinski definition) is 3. The number of benzene rings is 1. The van der Waals surface area contributed by atoms with E-state index >= 15 is 0 Å². The van der Waals surface area contributed by atoms with Crippen LogP contribution in [-0.2, 0) is 4.79 Å². The fourth-order valence-corrected chi connectivity index (χ4v) is 3.56. The molecule has 0 heterocycles. The average molecular weight is 343 g/mol. The summed E-state index contributed by atoms with van der Waals surface area (Å²) in [6.45, 7) is 0. The van der Waals surface area contributed by atoms with Crippen LogP contribution >= 0.6 is 15.9 Å². The molecule has 1 unspecified atom stereocenters. The lowest BCUT2D eigenvalue weighted by atomic mass is 9.73. The predicted molar refractivity (Wildman–Crippen MR) is 79.1 cm³/mol. The maximum absolute atomic E-state index is 11.7. The molecule has 0 bridgehead atoms. The van der Waals surface area contributed by atoms with Crippen LogP contribution < -0.4 is 4.74 Å². The van der Waals surface area contributed by atoms with Crippen molar-refractivity contribution in [1.29, 1.82) is 0 Å². The third kappa shape index (κ3) is 2.99. The normalized spacial score (nSPS) is 19.4. The Morgan fingerprint density at radius 3 is 2.50 bits per heavy atom. The Morgan fingerprint density at radius 1 is 1.35 bits per heavy atom. The molecular formula is C15H19BrO4. The molecule has 20 heavy (non-hydrogen) atoms. The van der Waals surface area contributed by atoms with Crippen molar-refractivity contribution < 1.29 is 19.7 Å². The van der Waals surface area contributed by atoms with Gasteiger partial charge in [0.1, 0.15) is 11.7 Å². The topological polar surface area (TPSA) is 66.8 Å². The van der Waals surface area contributed by atoms with Crippen molar-refractivity contribution >= 4 is 21.9 Å². The van der Waals surface area contributed by atoms with E-state index in [0.29, 0.717) is 28.6 Å². The minimum absolute atomic E-state index is 0.535. The molecule has 0 spiro atoms. The van der Waals surface area contributed by atoms with Crippen LogP contribution in [-0.4, -0.2) is 28.9 Å². The molecule has 1 aromatic carbocycles. The van der Waals surface area contributed by atoms with Crippen molar-refractivity contribution in [3.63, 3.8) is 0 Å². The van der Waals surface area contributed by atoms with E-state index in [9.17, 15) is 15.0 Å². The number of carbonyl (C=O) groups is 1. The Kier molecular flexibility index (Phi) is 4.70. The summed E-state index contributed by atoms with van der Waals surface area (Å²) in [5, 5.41) is 20.3. The highest BCUT2D eigenvalue weighted by Gasteiger charge is 2.43. The van der Waals surface area contributed by atoms with E-state index in [2.05, 4.69) is 15.9 Å². The molecule has 1 aliphatic carbocycles. The number of hydrogen-bond donors (Lipinski definition) is 2. The minimum Gasteiger partial charge on any atom is -0.496 e. The van der Waals surface area contributed by atoms with Crippen LogP contribution in [0.1, 0.15) is 43.6 Å². The number of ether oxygens (including phenoxy) is 1. The second-order valence-electron chi connectivity index (χ2n) is 5.33. The molecule has 5 heteroatoms. The van der Waals surface area contributed by atoms with Crippen molar-refractivity contribution in [2.45, 2.75) is 43.6 Å². The van der Waals surface area contributed by atoms with Gasteiger partial charge in [0, 0.05) is 0 Å². The van der Waals surface area contributed by atoms with E-state index in [1.165, 1.54) is 0 Å². The average Bonchev–Trinajstić information content (AvgIpc) is 2.39. The minimum atomic E-state index is -1.15. The standard InChI is InChI=1S/C15H19BrO4/c1-20-12-6-5-10(9-11(12)16)13(14(17)18)15(19)7-3-2-4-8-15/h5-6,9,13,19H,2-4,7-8H2,1H3,(H,17,18). The lowest BCUT2D eigenvalue weighted by Gasteiger charge is -2.37. The van der Waals surface area contributed by atoms with Crippen LogP contribution in [0.2, 0.25) is 0 Å². The van der Waals surface area contributed by atoms with Crippen LogP contribution in [0.3, 0.4) is 0 Å². The monoisotopic (exact) mass is 342 g/mol. The van der Waals surface area contributed by atoms with Crippen LogP contribution in [0.5, 0.6) is 5.75 Å². The molecule has 0 saturated heterocycles. The van der Waals surface area contributed by atoms with Gasteiger partial charge in [0.05, 0.1) is 17.2 Å². The number of carboxylic acid groups (broad SMARTS) is 1. The second kappa shape index (κ2) is 6.14. The van der Waals surface area contributed by atoms with Gasteiger partial charge in [0.25, 0.3) is 0 Å². The fourth-order valence-electron chi connectivity index (χ4n) is 3.00. The van der Waals surface area contributed by atoms with E-state index in [0.717, 1.165) is 19.3 Å². The van der Waals surface area contributed by atoms with Crippen LogP contribution in [0.4, 0.5) is 0 Å². The number of methoxy groups -OCH3 is 1. The third-order valence-corrected chi connectivity index (χ3v) is 4.63. The lowest BCUT2D eigenvalue weighted by molar-refractivity contribution is -0.147. The summed E-state index contributed by atoms with van der Waals surface area (Å²) in [7, 11) is 1.56. The number of halogens is 1. The zero-order valence-corrected chi connectivity index (χ0v) is 13.0. The summed E-state index contributed by atoms with van der Waals surface area (Å²) < 4.78 is 5.85. The van der Waals surface area contributed by atoms with E-state index in [1.807, 2.05) is 0 Å². The molecule has 4 nitrogen and oxygen atoms in total. The van der Waals surface area contributed by atoms with E-state index in [4.69, 9.17) is 4.74 Å². The lowest BCUT2D eigenvalue weighted by Crippen LogP contribution is -2.42. The van der Waals surface area contributed by atoms with Crippen LogP contribution in [0.25, 0.3) is 0 Å². The first-order valence-corrected chi connectivity index (χ1v) is 7.56. The van der Waals surface area contributed by atoms with Crippen LogP contribution in [0.15, 0.2) is 22.7 Å². The predicted octanol–water partition coefficient (Wildman–Crippen LogP) is 3.32. The molecule has 2 N–H and O–H groups in total.